The smallest absolute Gasteiger partial charge is 0.296 e. The number of hydrogen-bond donors (Lipinski definition) is 0. The van der Waals surface area contributed by atoms with E-state index < -0.39 is 11.9 Å². The van der Waals surface area contributed by atoms with Crippen LogP contribution in [0.2, 0.25) is 5.02 Å². The molecule has 4 aromatic rings. The third-order valence-corrected chi connectivity index (χ3v) is 5.64. The highest BCUT2D eigenvalue weighted by molar-refractivity contribution is 6.30. The van der Waals surface area contributed by atoms with E-state index in [2.05, 4.69) is 4.98 Å². The van der Waals surface area contributed by atoms with Gasteiger partial charge in [0.1, 0.15) is 17.2 Å². The van der Waals surface area contributed by atoms with E-state index in [0.29, 0.717) is 33.1 Å². The molecule has 6 nitrogen and oxygen atoms in total. The number of amides is 1. The molecule has 0 N–H and O–H groups in total. The molecule has 0 saturated carbocycles. The topological polar surface area (TPSA) is 72.6 Å². The Morgan fingerprint density at radius 3 is 2.52 bits per heavy atom. The van der Waals surface area contributed by atoms with Gasteiger partial charge in [0.2, 0.25) is 5.76 Å². The maximum absolute atomic E-state index is 13.6. The van der Waals surface area contributed by atoms with Crippen molar-refractivity contribution in [2.45, 2.75) is 13.0 Å². The average Bonchev–Trinajstić information content (AvgIpc) is 3.07. The molecule has 0 spiro atoms. The quantitative estimate of drug-likeness (QED) is 0.460. The summed E-state index contributed by atoms with van der Waals surface area (Å²) < 4.78 is 11.2. The minimum absolute atomic E-state index is 0.0268. The number of carbonyl (C=O) groups excluding carboxylic acids is 1. The largest absolute Gasteiger partial charge is 0.497 e. The molecule has 5 rings (SSSR count). The lowest BCUT2D eigenvalue weighted by Gasteiger charge is -2.24. The molecule has 1 unspecified atom stereocenters. The lowest BCUT2D eigenvalue weighted by molar-refractivity contribution is 0.0970. The zero-order valence-corrected chi connectivity index (χ0v) is 17.5. The van der Waals surface area contributed by atoms with Crippen LogP contribution in [0.3, 0.4) is 0 Å². The van der Waals surface area contributed by atoms with Crippen LogP contribution in [-0.4, -0.2) is 18.0 Å². The van der Waals surface area contributed by atoms with Crippen LogP contribution < -0.4 is 15.1 Å². The number of nitrogens with zero attached hydrogens (tertiary/aromatic N) is 2. The summed E-state index contributed by atoms with van der Waals surface area (Å²) in [5.74, 6) is 0.649. The van der Waals surface area contributed by atoms with Gasteiger partial charge < -0.3 is 9.15 Å². The van der Waals surface area contributed by atoms with Gasteiger partial charge in [0, 0.05) is 6.20 Å². The number of rotatable bonds is 3. The van der Waals surface area contributed by atoms with E-state index in [1.54, 1.807) is 43.5 Å². The predicted octanol–water partition coefficient (Wildman–Crippen LogP) is 4.91. The lowest BCUT2D eigenvalue weighted by Crippen LogP contribution is -2.30. The molecule has 0 aliphatic carbocycles. The second-order valence-corrected chi connectivity index (χ2v) is 7.80. The molecule has 0 fully saturated rings. The van der Waals surface area contributed by atoms with E-state index in [9.17, 15) is 9.59 Å². The lowest BCUT2D eigenvalue weighted by atomic mass is 9.98. The molecule has 1 atom stereocenters. The number of halogens is 1. The number of anilines is 1. The molecule has 2 aromatic carbocycles. The van der Waals surface area contributed by atoms with E-state index >= 15 is 0 Å². The van der Waals surface area contributed by atoms with Gasteiger partial charge >= 0.3 is 0 Å². The maximum atomic E-state index is 13.6. The summed E-state index contributed by atoms with van der Waals surface area (Å²) in [6, 6.07) is 15.2. The minimum atomic E-state index is -0.691. The van der Waals surface area contributed by atoms with Crippen molar-refractivity contribution in [3.05, 3.63) is 98.5 Å². The van der Waals surface area contributed by atoms with Gasteiger partial charge in [0.05, 0.1) is 29.1 Å². The van der Waals surface area contributed by atoms with Gasteiger partial charge in [0.15, 0.2) is 5.43 Å². The number of benzene rings is 2. The number of methoxy groups -OCH3 is 1. The molecule has 3 heterocycles. The van der Waals surface area contributed by atoms with Crippen LogP contribution in [-0.2, 0) is 0 Å². The Bertz CT molecular complexity index is 1380. The predicted molar refractivity (Wildman–Crippen MR) is 118 cm³/mol. The van der Waals surface area contributed by atoms with Gasteiger partial charge in [-0.2, -0.15) is 0 Å². The fraction of sp³-hybridized carbons (Fsp3) is 0.125. The fourth-order valence-electron chi connectivity index (χ4n) is 3.94. The highest BCUT2D eigenvalue weighted by atomic mass is 35.5. The molecule has 1 aliphatic rings. The Morgan fingerprint density at radius 2 is 1.84 bits per heavy atom. The normalized spacial score (nSPS) is 15.4. The zero-order valence-electron chi connectivity index (χ0n) is 16.8. The molecular weight excluding hydrogens is 416 g/mol. The van der Waals surface area contributed by atoms with Gasteiger partial charge in [-0.25, -0.2) is 4.98 Å². The maximum Gasteiger partial charge on any atom is 0.296 e. The first kappa shape index (κ1) is 19.3. The van der Waals surface area contributed by atoms with Gasteiger partial charge in [-0.3, -0.25) is 14.5 Å². The number of aryl methyl sites for hydroxylation is 1. The first-order valence-corrected chi connectivity index (χ1v) is 10.0. The third kappa shape index (κ3) is 3.07. The molecule has 1 aliphatic heterocycles. The van der Waals surface area contributed by atoms with Crippen molar-refractivity contribution >= 4 is 34.3 Å². The van der Waals surface area contributed by atoms with Crippen molar-refractivity contribution in [2.24, 2.45) is 0 Å². The molecule has 1 amide bonds. The second kappa shape index (κ2) is 7.25. The molecule has 2 aromatic heterocycles. The van der Waals surface area contributed by atoms with Crippen LogP contribution in [0.15, 0.2) is 70.0 Å². The summed E-state index contributed by atoms with van der Waals surface area (Å²) in [5.41, 5.74) is 2.11. The first-order valence-electron chi connectivity index (χ1n) is 9.64. The zero-order chi connectivity index (χ0) is 21.7. The number of aromatic nitrogens is 1. The van der Waals surface area contributed by atoms with Crippen LogP contribution in [0, 0.1) is 6.92 Å². The second-order valence-electron chi connectivity index (χ2n) is 7.36. The van der Waals surface area contributed by atoms with Crippen molar-refractivity contribution in [1.82, 2.24) is 4.98 Å². The van der Waals surface area contributed by atoms with Crippen molar-refractivity contribution in [3.8, 4) is 5.75 Å². The summed E-state index contributed by atoms with van der Waals surface area (Å²) in [4.78, 5) is 32.8. The van der Waals surface area contributed by atoms with Crippen LogP contribution in [0.25, 0.3) is 11.0 Å². The molecule has 0 radical (unpaired) electrons. The van der Waals surface area contributed by atoms with E-state index in [-0.39, 0.29) is 11.2 Å². The summed E-state index contributed by atoms with van der Waals surface area (Å²) in [6.07, 6.45) is 1.47. The fourth-order valence-corrected chi connectivity index (χ4v) is 4.05. The third-order valence-electron chi connectivity index (χ3n) is 5.42. The number of carbonyl (C=O) groups is 1. The van der Waals surface area contributed by atoms with E-state index in [1.807, 2.05) is 25.1 Å². The Balaban J connectivity index is 1.79. The molecule has 31 heavy (non-hydrogen) atoms. The van der Waals surface area contributed by atoms with Gasteiger partial charge in [-0.05, 0) is 48.9 Å². The number of hydrogen-bond acceptors (Lipinski definition) is 5. The van der Waals surface area contributed by atoms with Crippen molar-refractivity contribution < 1.29 is 13.9 Å². The van der Waals surface area contributed by atoms with E-state index in [4.69, 9.17) is 20.8 Å². The van der Waals surface area contributed by atoms with Gasteiger partial charge in [0.25, 0.3) is 5.91 Å². The van der Waals surface area contributed by atoms with Gasteiger partial charge in [-0.15, -0.1) is 0 Å². The first-order chi connectivity index (χ1) is 15.0. The van der Waals surface area contributed by atoms with Crippen molar-refractivity contribution in [1.29, 1.82) is 0 Å². The number of fused-ring (bicyclic) bond motifs is 2. The van der Waals surface area contributed by atoms with Crippen molar-refractivity contribution in [3.63, 3.8) is 0 Å². The number of pyridine rings is 1. The molecule has 154 valence electrons. The minimum Gasteiger partial charge on any atom is -0.497 e. The standard InChI is InChI=1S/C24H17ClN2O4/c1-13-3-9-18-17(11-13)22(28)20-21(14-4-7-16(30-2)8-5-14)27(24(29)23(20)31-18)19-10-6-15(25)12-26-19/h3-12,21H,1-2H3. The van der Waals surface area contributed by atoms with Crippen LogP contribution in [0.1, 0.15) is 33.3 Å². The highest BCUT2D eigenvalue weighted by Crippen LogP contribution is 2.41. The van der Waals surface area contributed by atoms with Crippen molar-refractivity contribution in [2.75, 3.05) is 12.0 Å². The molecule has 0 bridgehead atoms. The Labute approximate surface area is 182 Å². The summed E-state index contributed by atoms with van der Waals surface area (Å²) >= 11 is 5.99. The van der Waals surface area contributed by atoms with Crippen LogP contribution >= 0.6 is 11.6 Å². The van der Waals surface area contributed by atoms with Gasteiger partial charge in [-0.1, -0.05) is 35.4 Å². The molecular formula is C24H17ClN2O4. The van der Waals surface area contributed by atoms with E-state index in [1.165, 1.54) is 11.1 Å². The summed E-state index contributed by atoms with van der Waals surface area (Å²) in [5, 5.41) is 0.889. The Morgan fingerprint density at radius 1 is 1.06 bits per heavy atom. The average molecular weight is 433 g/mol. The van der Waals surface area contributed by atoms with Crippen LogP contribution in [0.5, 0.6) is 5.75 Å². The summed E-state index contributed by atoms with van der Waals surface area (Å²) in [7, 11) is 1.58. The van der Waals surface area contributed by atoms with E-state index in [0.717, 1.165) is 11.1 Å². The van der Waals surface area contributed by atoms with Crippen LogP contribution in [0.4, 0.5) is 5.82 Å². The number of ether oxygens (including phenoxy) is 1. The SMILES string of the molecule is COc1ccc(C2c3c(oc4ccc(C)cc4c3=O)C(=O)N2c2ccc(Cl)cn2)cc1. The Hall–Kier alpha value is -3.64. The molecule has 7 heteroatoms. The highest BCUT2D eigenvalue weighted by Gasteiger charge is 2.44. The monoisotopic (exact) mass is 432 g/mol. The Kier molecular flexibility index (Phi) is 4.52. The summed E-state index contributed by atoms with van der Waals surface area (Å²) in [6.45, 7) is 1.90. The molecule has 0 saturated heterocycles.